The summed E-state index contributed by atoms with van der Waals surface area (Å²) in [4.78, 5) is 28.9. The lowest BCUT2D eigenvalue weighted by molar-refractivity contribution is -0.143. The number of carbonyl (C=O) groups excluding carboxylic acids is 2. The summed E-state index contributed by atoms with van der Waals surface area (Å²) in [5.74, 6) is -2.31. The third-order valence-electron chi connectivity index (χ3n) is 7.20. The van der Waals surface area contributed by atoms with Crippen molar-refractivity contribution < 1.29 is 40.3 Å². The van der Waals surface area contributed by atoms with E-state index in [1.165, 1.54) is 37.1 Å². The van der Waals surface area contributed by atoms with Crippen LogP contribution in [-0.2, 0) is 17.1 Å². The molecule has 0 bridgehead atoms. The van der Waals surface area contributed by atoms with Crippen molar-refractivity contribution >= 4 is 11.9 Å². The Kier molecular flexibility index (Phi) is 8.86. The number of aryl methyl sites for hydroxylation is 1. The Hall–Kier alpha value is -3.31. The molecule has 0 unspecified atom stereocenters. The van der Waals surface area contributed by atoms with Crippen LogP contribution in [0.1, 0.15) is 60.0 Å². The quantitative estimate of drug-likeness (QED) is 0.423. The number of halogens is 7. The summed E-state index contributed by atoms with van der Waals surface area (Å²) >= 11 is 0. The summed E-state index contributed by atoms with van der Waals surface area (Å²) in [5, 5.41) is 2.70. The van der Waals surface area contributed by atoms with Gasteiger partial charge in [0.05, 0.1) is 17.2 Å². The van der Waals surface area contributed by atoms with Gasteiger partial charge in [-0.05, 0) is 74.2 Å². The second-order valence-corrected chi connectivity index (χ2v) is 9.75. The molecule has 1 aliphatic rings. The maximum absolute atomic E-state index is 13.8. The van der Waals surface area contributed by atoms with Crippen LogP contribution in [0.15, 0.2) is 36.4 Å². The van der Waals surface area contributed by atoms with Crippen LogP contribution in [-0.4, -0.2) is 48.4 Å². The highest BCUT2D eigenvalue weighted by atomic mass is 19.4. The molecule has 3 rings (SSSR count). The van der Waals surface area contributed by atoms with Gasteiger partial charge in [0.2, 0.25) is 5.91 Å². The number of amides is 3. The van der Waals surface area contributed by atoms with E-state index in [1.807, 2.05) is 0 Å². The van der Waals surface area contributed by atoms with E-state index in [0.29, 0.717) is 29.8 Å². The largest absolute Gasteiger partial charge is 0.416 e. The summed E-state index contributed by atoms with van der Waals surface area (Å²) in [6, 6.07) is 3.88. The van der Waals surface area contributed by atoms with Gasteiger partial charge in [0.15, 0.2) is 0 Å². The van der Waals surface area contributed by atoms with Crippen molar-refractivity contribution in [1.82, 2.24) is 15.1 Å². The molecule has 1 saturated heterocycles. The first-order chi connectivity index (χ1) is 18.0. The highest BCUT2D eigenvalue weighted by Gasteiger charge is 2.41. The molecule has 0 aliphatic carbocycles. The summed E-state index contributed by atoms with van der Waals surface area (Å²) in [6.45, 7) is 5.50. The fourth-order valence-electron chi connectivity index (χ4n) is 4.96. The summed E-state index contributed by atoms with van der Waals surface area (Å²) in [6.07, 6.45) is -9.84. The average Bonchev–Trinajstić information content (AvgIpc) is 2.86. The fourth-order valence-corrected chi connectivity index (χ4v) is 4.96. The van der Waals surface area contributed by atoms with Crippen LogP contribution in [0.3, 0.4) is 0 Å². The monoisotopic (exact) mass is 561 g/mol. The Morgan fingerprint density at radius 3 is 2.15 bits per heavy atom. The lowest BCUT2D eigenvalue weighted by Crippen LogP contribution is -2.50. The van der Waals surface area contributed by atoms with Crippen molar-refractivity contribution in [2.45, 2.75) is 51.5 Å². The molecular formula is C27H30F7N3O2. The molecule has 0 spiro atoms. The van der Waals surface area contributed by atoms with Gasteiger partial charge in [0.25, 0.3) is 0 Å². The van der Waals surface area contributed by atoms with Gasteiger partial charge in [-0.3, -0.25) is 4.79 Å². The minimum Gasteiger partial charge on any atom is -0.339 e. The first-order valence-electron chi connectivity index (χ1n) is 12.4. The number of nitrogens with zero attached hydrogens (tertiary/aromatic N) is 2. The molecule has 1 N–H and O–H groups in total. The smallest absolute Gasteiger partial charge is 0.339 e. The molecule has 3 amide bonds. The SMILES string of the molecule is CCNC(=O)N1CC[C@H](C(=O)N(C)[C@@H](C)c2cc(C(F)(F)F)cc(C(F)(F)F)c2)[C@@H](c2ccc(F)cc2C)C1. The number of piperidine rings is 1. The van der Waals surface area contributed by atoms with E-state index in [-0.39, 0.29) is 37.2 Å². The molecule has 39 heavy (non-hydrogen) atoms. The van der Waals surface area contributed by atoms with Gasteiger partial charge in [-0.25, -0.2) is 9.18 Å². The standard InChI is InChI=1S/C27H30F7N3O2/c1-5-35-25(39)37-9-8-22(23(14-37)21-7-6-20(28)10-15(21)2)24(38)36(4)16(3)17-11-18(26(29,30)31)13-19(12-17)27(32,33)34/h6-7,10-13,16,22-23H,5,8-9,14H2,1-4H3,(H,35,39)/t16-,22-,23+/m0/s1. The summed E-state index contributed by atoms with van der Waals surface area (Å²) in [7, 11) is 1.32. The second-order valence-electron chi connectivity index (χ2n) is 9.75. The molecule has 1 fully saturated rings. The van der Waals surface area contributed by atoms with E-state index in [1.54, 1.807) is 13.8 Å². The van der Waals surface area contributed by atoms with Gasteiger partial charge in [-0.15, -0.1) is 0 Å². The molecular weight excluding hydrogens is 531 g/mol. The van der Waals surface area contributed by atoms with Crippen molar-refractivity contribution in [3.8, 4) is 0 Å². The van der Waals surface area contributed by atoms with E-state index in [0.717, 1.165) is 4.90 Å². The van der Waals surface area contributed by atoms with Gasteiger partial charge >= 0.3 is 18.4 Å². The number of likely N-dealkylation sites (tertiary alicyclic amines) is 1. The predicted octanol–water partition coefficient (Wildman–Crippen LogP) is 6.53. The molecule has 1 aliphatic heterocycles. The predicted molar refractivity (Wildman–Crippen MR) is 130 cm³/mol. The van der Waals surface area contributed by atoms with E-state index >= 15 is 0 Å². The summed E-state index contributed by atoms with van der Waals surface area (Å²) in [5.41, 5.74) is -2.06. The number of hydrogen-bond acceptors (Lipinski definition) is 2. The van der Waals surface area contributed by atoms with Crippen molar-refractivity contribution in [2.75, 3.05) is 26.7 Å². The molecule has 214 valence electrons. The highest BCUT2D eigenvalue weighted by Crippen LogP contribution is 2.40. The minimum absolute atomic E-state index is 0.0441. The van der Waals surface area contributed by atoms with E-state index < -0.39 is 53.1 Å². The van der Waals surface area contributed by atoms with Crippen LogP contribution in [0, 0.1) is 18.7 Å². The molecule has 12 heteroatoms. The molecule has 0 saturated carbocycles. The van der Waals surface area contributed by atoms with Crippen molar-refractivity contribution in [3.63, 3.8) is 0 Å². The number of alkyl halides is 6. The number of carbonyl (C=O) groups is 2. The highest BCUT2D eigenvalue weighted by molar-refractivity contribution is 5.81. The third kappa shape index (κ3) is 6.83. The topological polar surface area (TPSA) is 52.7 Å². The molecule has 2 aromatic carbocycles. The zero-order valence-corrected chi connectivity index (χ0v) is 21.9. The van der Waals surface area contributed by atoms with Crippen LogP contribution in [0.2, 0.25) is 0 Å². The summed E-state index contributed by atoms with van der Waals surface area (Å²) < 4.78 is 94.2. The fraction of sp³-hybridized carbons (Fsp3) is 0.481. The maximum Gasteiger partial charge on any atom is 0.416 e. The van der Waals surface area contributed by atoms with Crippen molar-refractivity contribution in [1.29, 1.82) is 0 Å². The Balaban J connectivity index is 1.97. The van der Waals surface area contributed by atoms with E-state index in [9.17, 15) is 40.3 Å². The first-order valence-corrected chi connectivity index (χ1v) is 12.4. The van der Waals surface area contributed by atoms with Gasteiger partial charge in [0, 0.05) is 38.5 Å². The van der Waals surface area contributed by atoms with Crippen LogP contribution < -0.4 is 5.32 Å². The molecule has 2 aromatic rings. The Morgan fingerprint density at radius 1 is 1.05 bits per heavy atom. The Labute approximate surface area is 222 Å². The molecule has 1 heterocycles. The third-order valence-corrected chi connectivity index (χ3v) is 7.20. The van der Waals surface area contributed by atoms with Crippen LogP contribution in [0.4, 0.5) is 35.5 Å². The van der Waals surface area contributed by atoms with Gasteiger partial charge in [-0.2, -0.15) is 26.3 Å². The zero-order chi connectivity index (χ0) is 29.3. The zero-order valence-electron chi connectivity index (χ0n) is 21.9. The van der Waals surface area contributed by atoms with Gasteiger partial charge < -0.3 is 15.1 Å². The van der Waals surface area contributed by atoms with E-state index in [4.69, 9.17) is 0 Å². The number of rotatable bonds is 5. The van der Waals surface area contributed by atoms with Crippen LogP contribution in [0.25, 0.3) is 0 Å². The molecule has 0 aromatic heterocycles. The van der Waals surface area contributed by atoms with E-state index in [2.05, 4.69) is 5.32 Å². The Bertz CT molecular complexity index is 1180. The van der Waals surface area contributed by atoms with Gasteiger partial charge in [0.1, 0.15) is 5.82 Å². The maximum atomic E-state index is 13.8. The van der Waals surface area contributed by atoms with Crippen LogP contribution in [0.5, 0.6) is 0 Å². The first kappa shape index (κ1) is 30.2. The lowest BCUT2D eigenvalue weighted by Gasteiger charge is -2.41. The number of urea groups is 1. The van der Waals surface area contributed by atoms with Crippen molar-refractivity contribution in [3.05, 3.63) is 70.0 Å². The second kappa shape index (κ2) is 11.4. The molecule has 3 atom stereocenters. The van der Waals surface area contributed by atoms with Crippen molar-refractivity contribution in [2.24, 2.45) is 5.92 Å². The minimum atomic E-state index is -5.02. The molecule has 0 radical (unpaired) electrons. The average molecular weight is 562 g/mol. The van der Waals surface area contributed by atoms with Crippen LogP contribution >= 0.6 is 0 Å². The van der Waals surface area contributed by atoms with Gasteiger partial charge in [-0.1, -0.05) is 6.07 Å². The number of nitrogens with one attached hydrogen (secondary N) is 1. The number of benzene rings is 2. The number of hydrogen-bond donors (Lipinski definition) is 1. The normalized spacial score (nSPS) is 19.0. The molecule has 5 nitrogen and oxygen atoms in total. The lowest BCUT2D eigenvalue weighted by atomic mass is 9.78. The Morgan fingerprint density at radius 2 is 1.64 bits per heavy atom.